The SMILES string of the molecule is CC(C)(C)C(=O)Cc1nc(N2CCOCC2)no1. The number of carbonyl (C=O) groups excluding carboxylic acids is 1. The molecule has 0 unspecified atom stereocenters. The minimum Gasteiger partial charge on any atom is -0.378 e. The molecule has 0 radical (unpaired) electrons. The highest BCUT2D eigenvalue weighted by Crippen LogP contribution is 2.18. The Morgan fingerprint density at radius 3 is 2.61 bits per heavy atom. The van der Waals surface area contributed by atoms with Gasteiger partial charge in [0.05, 0.1) is 19.6 Å². The molecular weight excluding hydrogens is 234 g/mol. The van der Waals surface area contributed by atoms with Gasteiger partial charge in [-0.25, -0.2) is 0 Å². The van der Waals surface area contributed by atoms with Gasteiger partial charge in [-0.05, 0) is 5.16 Å². The van der Waals surface area contributed by atoms with Gasteiger partial charge in [-0.15, -0.1) is 0 Å². The molecule has 1 aliphatic rings. The van der Waals surface area contributed by atoms with E-state index in [9.17, 15) is 4.79 Å². The fourth-order valence-corrected chi connectivity index (χ4v) is 1.61. The highest BCUT2D eigenvalue weighted by Gasteiger charge is 2.24. The van der Waals surface area contributed by atoms with Gasteiger partial charge in [0.2, 0.25) is 5.89 Å². The van der Waals surface area contributed by atoms with Gasteiger partial charge in [-0.2, -0.15) is 4.98 Å². The number of anilines is 1. The lowest BCUT2D eigenvalue weighted by Gasteiger charge is -2.24. The van der Waals surface area contributed by atoms with Crippen molar-refractivity contribution in [3.8, 4) is 0 Å². The Labute approximate surface area is 106 Å². The number of aromatic nitrogens is 2. The van der Waals surface area contributed by atoms with Crippen LogP contribution in [0.5, 0.6) is 0 Å². The molecule has 0 bridgehead atoms. The molecule has 2 rings (SSSR count). The van der Waals surface area contributed by atoms with E-state index in [-0.39, 0.29) is 17.6 Å². The topological polar surface area (TPSA) is 68.5 Å². The monoisotopic (exact) mass is 253 g/mol. The molecule has 1 aliphatic heterocycles. The second-order valence-corrected chi connectivity index (χ2v) is 5.44. The highest BCUT2D eigenvalue weighted by atomic mass is 16.5. The summed E-state index contributed by atoms with van der Waals surface area (Å²) in [5.74, 6) is 1.03. The Balaban J connectivity index is 1.99. The zero-order valence-electron chi connectivity index (χ0n) is 11.1. The summed E-state index contributed by atoms with van der Waals surface area (Å²) in [5.41, 5.74) is -0.381. The van der Waals surface area contributed by atoms with Gasteiger partial charge in [0, 0.05) is 18.5 Å². The molecule has 0 aliphatic carbocycles. The van der Waals surface area contributed by atoms with E-state index in [1.165, 1.54) is 0 Å². The minimum atomic E-state index is -0.381. The molecule has 0 spiro atoms. The van der Waals surface area contributed by atoms with Crippen LogP contribution >= 0.6 is 0 Å². The van der Waals surface area contributed by atoms with Crippen LogP contribution in [0.1, 0.15) is 26.7 Å². The van der Waals surface area contributed by atoms with Gasteiger partial charge in [0.1, 0.15) is 5.78 Å². The summed E-state index contributed by atoms with van der Waals surface area (Å²) in [6.07, 6.45) is 0.195. The van der Waals surface area contributed by atoms with Crippen LogP contribution in [0.25, 0.3) is 0 Å². The highest BCUT2D eigenvalue weighted by molar-refractivity contribution is 5.84. The first-order valence-electron chi connectivity index (χ1n) is 6.15. The average Bonchev–Trinajstić information content (AvgIpc) is 2.77. The summed E-state index contributed by atoms with van der Waals surface area (Å²) in [5, 5.41) is 3.91. The molecule has 100 valence electrons. The number of hydrogen-bond acceptors (Lipinski definition) is 6. The molecule has 1 aromatic rings. The van der Waals surface area contributed by atoms with Crippen LogP contribution in [0.4, 0.5) is 5.95 Å². The molecule has 6 heteroatoms. The number of carbonyl (C=O) groups is 1. The van der Waals surface area contributed by atoms with Crippen LogP contribution < -0.4 is 4.90 Å². The lowest BCUT2D eigenvalue weighted by atomic mass is 9.89. The Morgan fingerprint density at radius 2 is 2.00 bits per heavy atom. The second kappa shape index (κ2) is 5.06. The van der Waals surface area contributed by atoms with Gasteiger partial charge < -0.3 is 14.2 Å². The van der Waals surface area contributed by atoms with E-state index in [0.29, 0.717) is 25.1 Å². The quantitative estimate of drug-likeness (QED) is 0.802. The normalized spacial score (nSPS) is 16.9. The van der Waals surface area contributed by atoms with Crippen molar-refractivity contribution in [3.05, 3.63) is 5.89 Å². The maximum absolute atomic E-state index is 11.9. The van der Waals surface area contributed by atoms with Gasteiger partial charge in [0.25, 0.3) is 5.95 Å². The number of ketones is 1. The number of rotatable bonds is 3. The molecule has 18 heavy (non-hydrogen) atoms. The maximum atomic E-state index is 11.9. The van der Waals surface area contributed by atoms with Crippen LogP contribution in [0.15, 0.2) is 4.52 Å². The number of ether oxygens (including phenoxy) is 1. The third-order valence-corrected chi connectivity index (χ3v) is 2.90. The van der Waals surface area contributed by atoms with Crippen molar-refractivity contribution in [2.24, 2.45) is 5.41 Å². The molecule has 0 aromatic carbocycles. The lowest BCUT2D eigenvalue weighted by molar-refractivity contribution is -0.125. The first-order chi connectivity index (χ1) is 8.47. The molecule has 2 heterocycles. The van der Waals surface area contributed by atoms with Gasteiger partial charge in [-0.1, -0.05) is 20.8 Å². The zero-order chi connectivity index (χ0) is 13.2. The van der Waals surface area contributed by atoms with Gasteiger partial charge in [-0.3, -0.25) is 4.79 Å². The fourth-order valence-electron chi connectivity index (χ4n) is 1.61. The van der Waals surface area contributed by atoms with E-state index in [1.807, 2.05) is 25.7 Å². The van der Waals surface area contributed by atoms with Crippen molar-refractivity contribution in [2.75, 3.05) is 31.2 Å². The van der Waals surface area contributed by atoms with Crippen molar-refractivity contribution in [1.82, 2.24) is 10.1 Å². The first-order valence-corrected chi connectivity index (χ1v) is 6.15. The van der Waals surface area contributed by atoms with E-state index < -0.39 is 0 Å². The van der Waals surface area contributed by atoms with Crippen molar-refractivity contribution >= 4 is 11.7 Å². The summed E-state index contributed by atoms with van der Waals surface area (Å²) in [6.45, 7) is 8.51. The molecule has 0 saturated carbocycles. The lowest BCUT2D eigenvalue weighted by Crippen LogP contribution is -2.36. The third-order valence-electron chi connectivity index (χ3n) is 2.90. The van der Waals surface area contributed by atoms with Crippen molar-refractivity contribution in [2.45, 2.75) is 27.2 Å². The summed E-state index contributed by atoms with van der Waals surface area (Å²) in [7, 11) is 0. The third kappa shape index (κ3) is 3.07. The molecular formula is C12H19N3O3. The number of hydrogen-bond donors (Lipinski definition) is 0. The molecule has 0 N–H and O–H groups in total. The Kier molecular flexibility index (Phi) is 3.65. The predicted molar refractivity (Wildman–Crippen MR) is 65.5 cm³/mol. The van der Waals surface area contributed by atoms with E-state index in [1.54, 1.807) is 0 Å². The number of morpholine rings is 1. The van der Waals surface area contributed by atoms with Crippen molar-refractivity contribution in [1.29, 1.82) is 0 Å². The van der Waals surface area contributed by atoms with E-state index in [4.69, 9.17) is 9.26 Å². The second-order valence-electron chi connectivity index (χ2n) is 5.44. The molecule has 1 saturated heterocycles. The summed E-state index contributed by atoms with van der Waals surface area (Å²) >= 11 is 0. The van der Waals surface area contributed by atoms with Gasteiger partial charge in [0.15, 0.2) is 0 Å². The average molecular weight is 253 g/mol. The van der Waals surface area contributed by atoms with Crippen LogP contribution in [-0.2, 0) is 16.0 Å². The van der Waals surface area contributed by atoms with Crippen molar-refractivity contribution < 1.29 is 14.1 Å². The Bertz CT molecular complexity index is 416. The van der Waals surface area contributed by atoms with Crippen LogP contribution in [0, 0.1) is 5.41 Å². The van der Waals surface area contributed by atoms with Crippen molar-refractivity contribution in [3.63, 3.8) is 0 Å². The molecule has 0 amide bonds. The number of nitrogens with zero attached hydrogens (tertiary/aromatic N) is 3. The van der Waals surface area contributed by atoms with Crippen LogP contribution in [-0.4, -0.2) is 42.2 Å². The Morgan fingerprint density at radius 1 is 1.33 bits per heavy atom. The maximum Gasteiger partial charge on any atom is 0.266 e. The summed E-state index contributed by atoms with van der Waals surface area (Å²) < 4.78 is 10.4. The molecule has 0 atom stereocenters. The summed E-state index contributed by atoms with van der Waals surface area (Å²) in [6, 6.07) is 0. The van der Waals surface area contributed by atoms with Crippen LogP contribution in [0.2, 0.25) is 0 Å². The Hall–Kier alpha value is -1.43. The molecule has 6 nitrogen and oxygen atoms in total. The van der Waals surface area contributed by atoms with E-state index >= 15 is 0 Å². The van der Waals surface area contributed by atoms with Gasteiger partial charge >= 0.3 is 0 Å². The molecule has 1 aromatic heterocycles. The predicted octanol–water partition coefficient (Wildman–Crippen LogP) is 1.06. The fraction of sp³-hybridized carbons (Fsp3) is 0.750. The standard InChI is InChI=1S/C12H19N3O3/c1-12(2,3)9(16)8-10-13-11(14-18-10)15-4-6-17-7-5-15/h4-8H2,1-3H3. The largest absolute Gasteiger partial charge is 0.378 e. The minimum absolute atomic E-state index is 0.0969. The number of Topliss-reactive ketones (excluding diaryl/α,β-unsaturated/α-hetero) is 1. The van der Waals surface area contributed by atoms with E-state index in [0.717, 1.165) is 13.1 Å². The smallest absolute Gasteiger partial charge is 0.266 e. The first kappa shape index (κ1) is 13.0. The molecule has 1 fully saturated rings. The summed E-state index contributed by atoms with van der Waals surface area (Å²) in [4.78, 5) is 18.1. The van der Waals surface area contributed by atoms with Crippen LogP contribution in [0.3, 0.4) is 0 Å². The van der Waals surface area contributed by atoms with E-state index in [2.05, 4.69) is 10.1 Å². The zero-order valence-corrected chi connectivity index (χ0v) is 11.1.